The standard InChI is InChI=1S/C19H24N4O.ClH/c24-19(12-15-10-17-6-7-18(11-15)21-17)22-16-4-2-14(3-5-16)13-23-9-1-8-20-23;/h1-5,8-9,15,17-18,21H,6-7,10-13H2,(H,22,24);1H. The maximum Gasteiger partial charge on any atom is 0.224 e. The Morgan fingerprint density at radius 1 is 1.20 bits per heavy atom. The van der Waals surface area contributed by atoms with E-state index in [1.807, 2.05) is 41.2 Å². The molecule has 2 N–H and O–H groups in total. The van der Waals surface area contributed by atoms with Crippen LogP contribution in [0.3, 0.4) is 0 Å². The Morgan fingerprint density at radius 3 is 2.56 bits per heavy atom. The number of halogens is 1. The second kappa shape index (κ2) is 8.02. The van der Waals surface area contributed by atoms with Crippen LogP contribution < -0.4 is 10.6 Å². The van der Waals surface area contributed by atoms with Crippen LogP contribution in [0.1, 0.15) is 37.7 Å². The van der Waals surface area contributed by atoms with Crippen molar-refractivity contribution < 1.29 is 4.79 Å². The van der Waals surface area contributed by atoms with Gasteiger partial charge in [-0.3, -0.25) is 9.48 Å². The van der Waals surface area contributed by atoms with Crippen LogP contribution in [0.2, 0.25) is 0 Å². The lowest BCUT2D eigenvalue weighted by atomic mass is 9.89. The monoisotopic (exact) mass is 360 g/mol. The summed E-state index contributed by atoms with van der Waals surface area (Å²) in [5.74, 6) is 0.670. The van der Waals surface area contributed by atoms with Gasteiger partial charge in [-0.15, -0.1) is 12.4 Å². The largest absolute Gasteiger partial charge is 0.326 e. The fraction of sp³-hybridized carbons (Fsp3) is 0.474. The van der Waals surface area contributed by atoms with Gasteiger partial charge < -0.3 is 10.6 Å². The number of aromatic nitrogens is 2. The van der Waals surface area contributed by atoms with Crippen molar-refractivity contribution in [1.29, 1.82) is 0 Å². The van der Waals surface area contributed by atoms with Crippen LogP contribution in [-0.2, 0) is 11.3 Å². The average molecular weight is 361 g/mol. The Labute approximate surface area is 154 Å². The fourth-order valence-electron chi connectivity index (χ4n) is 4.09. The van der Waals surface area contributed by atoms with Crippen LogP contribution in [-0.4, -0.2) is 27.8 Å². The summed E-state index contributed by atoms with van der Waals surface area (Å²) in [7, 11) is 0. The first-order chi connectivity index (χ1) is 11.7. The van der Waals surface area contributed by atoms with Gasteiger partial charge in [-0.25, -0.2) is 0 Å². The van der Waals surface area contributed by atoms with Crippen molar-refractivity contribution in [3.05, 3.63) is 48.3 Å². The van der Waals surface area contributed by atoms with Crippen LogP contribution in [0.15, 0.2) is 42.7 Å². The molecule has 0 aliphatic carbocycles. The van der Waals surface area contributed by atoms with Gasteiger partial charge in [-0.2, -0.15) is 5.10 Å². The van der Waals surface area contributed by atoms with E-state index in [1.165, 1.54) is 18.4 Å². The molecule has 6 heteroatoms. The topological polar surface area (TPSA) is 59.0 Å². The van der Waals surface area contributed by atoms with Gasteiger partial charge in [0.1, 0.15) is 0 Å². The molecule has 0 saturated carbocycles. The molecule has 2 aromatic rings. The number of rotatable bonds is 5. The van der Waals surface area contributed by atoms with Crippen molar-refractivity contribution in [1.82, 2.24) is 15.1 Å². The smallest absolute Gasteiger partial charge is 0.224 e. The molecule has 2 unspecified atom stereocenters. The molecule has 0 radical (unpaired) electrons. The average Bonchev–Trinajstić information content (AvgIpc) is 3.19. The van der Waals surface area contributed by atoms with Crippen LogP contribution in [0.25, 0.3) is 0 Å². The number of nitrogens with one attached hydrogen (secondary N) is 2. The zero-order valence-corrected chi connectivity index (χ0v) is 15.0. The highest BCUT2D eigenvalue weighted by Crippen LogP contribution is 2.32. The molecule has 25 heavy (non-hydrogen) atoms. The molecule has 0 spiro atoms. The van der Waals surface area contributed by atoms with Gasteiger partial charge in [0, 0.05) is 36.6 Å². The minimum atomic E-state index is 0. The number of hydrogen-bond acceptors (Lipinski definition) is 3. The summed E-state index contributed by atoms with van der Waals surface area (Å²) in [6, 6.07) is 11.2. The van der Waals surface area contributed by atoms with Crippen molar-refractivity contribution >= 4 is 24.0 Å². The van der Waals surface area contributed by atoms with Crippen LogP contribution in [0.5, 0.6) is 0 Å². The Kier molecular flexibility index (Phi) is 5.76. The minimum Gasteiger partial charge on any atom is -0.326 e. The number of nitrogens with zero attached hydrogens (tertiary/aromatic N) is 2. The third kappa shape index (κ3) is 4.61. The number of fused-ring (bicyclic) bond motifs is 2. The second-order valence-electron chi connectivity index (χ2n) is 7.13. The number of amides is 1. The molecule has 2 aliphatic rings. The zero-order chi connectivity index (χ0) is 16.4. The lowest BCUT2D eigenvalue weighted by Crippen LogP contribution is -2.39. The first-order valence-corrected chi connectivity index (χ1v) is 8.87. The lowest BCUT2D eigenvalue weighted by Gasteiger charge is -2.28. The van der Waals surface area contributed by atoms with Gasteiger partial charge in [0.05, 0.1) is 6.54 Å². The van der Waals surface area contributed by atoms with Crippen molar-refractivity contribution in [2.24, 2.45) is 5.92 Å². The van der Waals surface area contributed by atoms with E-state index in [-0.39, 0.29) is 18.3 Å². The number of anilines is 1. The maximum atomic E-state index is 12.3. The van der Waals surface area contributed by atoms with E-state index in [9.17, 15) is 4.79 Å². The summed E-state index contributed by atoms with van der Waals surface area (Å²) in [4.78, 5) is 12.3. The van der Waals surface area contributed by atoms with E-state index in [2.05, 4.69) is 15.7 Å². The molecule has 1 aromatic heterocycles. The summed E-state index contributed by atoms with van der Waals surface area (Å²) in [5.41, 5.74) is 2.05. The highest BCUT2D eigenvalue weighted by molar-refractivity contribution is 5.90. The van der Waals surface area contributed by atoms with E-state index in [0.717, 1.165) is 25.1 Å². The molecule has 4 rings (SSSR count). The van der Waals surface area contributed by atoms with Crippen molar-refractivity contribution in [2.75, 3.05) is 5.32 Å². The lowest BCUT2D eigenvalue weighted by molar-refractivity contribution is -0.117. The molecule has 2 saturated heterocycles. The minimum absolute atomic E-state index is 0. The van der Waals surface area contributed by atoms with Gasteiger partial charge in [-0.1, -0.05) is 12.1 Å². The van der Waals surface area contributed by atoms with Crippen LogP contribution in [0, 0.1) is 5.92 Å². The molecule has 2 atom stereocenters. The van der Waals surface area contributed by atoms with Crippen molar-refractivity contribution in [3.8, 4) is 0 Å². The van der Waals surface area contributed by atoms with E-state index in [1.54, 1.807) is 6.20 Å². The second-order valence-corrected chi connectivity index (χ2v) is 7.13. The number of carbonyl (C=O) groups is 1. The maximum absolute atomic E-state index is 12.3. The molecular weight excluding hydrogens is 336 g/mol. The first-order valence-electron chi connectivity index (χ1n) is 8.87. The summed E-state index contributed by atoms with van der Waals surface area (Å²) < 4.78 is 1.89. The summed E-state index contributed by atoms with van der Waals surface area (Å²) in [6.07, 6.45) is 9.22. The molecule has 1 aromatic carbocycles. The van der Waals surface area contributed by atoms with Gasteiger partial charge in [0.2, 0.25) is 5.91 Å². The third-order valence-electron chi connectivity index (χ3n) is 5.19. The van der Waals surface area contributed by atoms with E-state index in [0.29, 0.717) is 24.4 Å². The predicted molar refractivity (Wildman–Crippen MR) is 101 cm³/mol. The SMILES string of the molecule is Cl.O=C(CC1CC2CCC(C1)N2)Nc1ccc(Cn2cccn2)cc1. The quantitative estimate of drug-likeness (QED) is 0.860. The summed E-state index contributed by atoms with van der Waals surface area (Å²) in [6.45, 7) is 0.749. The Balaban J connectivity index is 0.00000182. The van der Waals surface area contributed by atoms with Crippen LogP contribution >= 0.6 is 12.4 Å². The van der Waals surface area contributed by atoms with E-state index in [4.69, 9.17) is 0 Å². The number of piperidine rings is 1. The normalized spacial score (nSPS) is 24.6. The fourth-order valence-corrected chi connectivity index (χ4v) is 4.09. The molecule has 2 bridgehead atoms. The number of benzene rings is 1. The molecule has 3 heterocycles. The molecule has 134 valence electrons. The molecular formula is C19H25ClN4O. The molecule has 1 amide bonds. The Hall–Kier alpha value is -1.85. The highest BCUT2D eigenvalue weighted by Gasteiger charge is 2.34. The molecule has 5 nitrogen and oxygen atoms in total. The summed E-state index contributed by atoms with van der Waals surface area (Å²) in [5, 5.41) is 10.9. The van der Waals surface area contributed by atoms with Gasteiger partial charge in [-0.05, 0) is 55.4 Å². The third-order valence-corrected chi connectivity index (χ3v) is 5.19. The highest BCUT2D eigenvalue weighted by atomic mass is 35.5. The first kappa shape index (κ1) is 18.0. The van der Waals surface area contributed by atoms with Crippen LogP contribution in [0.4, 0.5) is 5.69 Å². The Bertz CT molecular complexity index is 674. The number of carbonyl (C=O) groups excluding carboxylic acids is 1. The Morgan fingerprint density at radius 2 is 1.92 bits per heavy atom. The zero-order valence-electron chi connectivity index (χ0n) is 14.2. The predicted octanol–water partition coefficient (Wildman–Crippen LogP) is 3.21. The van der Waals surface area contributed by atoms with E-state index >= 15 is 0 Å². The van der Waals surface area contributed by atoms with Gasteiger partial charge >= 0.3 is 0 Å². The molecule has 2 aliphatic heterocycles. The van der Waals surface area contributed by atoms with Gasteiger partial charge in [0.25, 0.3) is 0 Å². The summed E-state index contributed by atoms with van der Waals surface area (Å²) >= 11 is 0. The number of hydrogen-bond donors (Lipinski definition) is 2. The van der Waals surface area contributed by atoms with Crippen molar-refractivity contribution in [3.63, 3.8) is 0 Å². The molecule has 2 fully saturated rings. The van der Waals surface area contributed by atoms with Gasteiger partial charge in [0.15, 0.2) is 0 Å². The van der Waals surface area contributed by atoms with Crippen molar-refractivity contribution in [2.45, 2.75) is 50.7 Å². The van der Waals surface area contributed by atoms with E-state index < -0.39 is 0 Å².